The van der Waals surface area contributed by atoms with Gasteiger partial charge in [0.05, 0.1) is 18.3 Å². The van der Waals surface area contributed by atoms with E-state index in [-0.39, 0.29) is 11.9 Å². The van der Waals surface area contributed by atoms with Gasteiger partial charge in [-0.25, -0.2) is 9.97 Å². The van der Waals surface area contributed by atoms with Crippen LogP contribution < -0.4 is 0 Å². The second-order valence-electron chi connectivity index (χ2n) is 7.58. The number of carbonyl (C=O) groups is 1. The third-order valence-corrected chi connectivity index (χ3v) is 5.53. The van der Waals surface area contributed by atoms with Crippen LogP contribution in [0.3, 0.4) is 0 Å². The van der Waals surface area contributed by atoms with Crippen molar-refractivity contribution in [3.05, 3.63) is 96.2 Å². The molecule has 4 heterocycles. The molecule has 0 bridgehead atoms. The fraction of sp³-hybridized carbons (Fsp3) is 0.208. The maximum Gasteiger partial charge on any atom is 0.254 e. The first kappa shape index (κ1) is 19.1. The Hall–Kier alpha value is -3.87. The van der Waals surface area contributed by atoms with Crippen LogP contribution in [0.5, 0.6) is 0 Å². The highest BCUT2D eigenvalue weighted by Gasteiger charge is 2.31. The van der Waals surface area contributed by atoms with Gasteiger partial charge in [0.2, 0.25) is 0 Å². The van der Waals surface area contributed by atoms with Crippen molar-refractivity contribution in [2.24, 2.45) is 0 Å². The number of carbonyl (C=O) groups excluding carboxylic acids is 1. The van der Waals surface area contributed by atoms with Gasteiger partial charge in [-0.1, -0.05) is 18.2 Å². The lowest BCUT2D eigenvalue weighted by molar-refractivity contribution is 0.0733. The van der Waals surface area contributed by atoms with Crippen LogP contribution in [0.2, 0.25) is 0 Å². The first-order valence-electron chi connectivity index (χ1n) is 10.4. The summed E-state index contributed by atoms with van der Waals surface area (Å²) in [6.07, 6.45) is 9.01. The predicted octanol–water partition coefficient (Wildman–Crippen LogP) is 3.76. The second kappa shape index (κ2) is 8.47. The number of benzene rings is 1. The smallest absolute Gasteiger partial charge is 0.254 e. The summed E-state index contributed by atoms with van der Waals surface area (Å²) in [6, 6.07) is 17.2. The highest BCUT2D eigenvalue weighted by Crippen LogP contribution is 2.32. The first-order chi connectivity index (χ1) is 15.3. The molecule has 0 aliphatic carbocycles. The average Bonchev–Trinajstić information content (AvgIpc) is 3.52. The zero-order valence-corrected chi connectivity index (χ0v) is 17.0. The van der Waals surface area contributed by atoms with E-state index in [1.165, 1.54) is 0 Å². The van der Waals surface area contributed by atoms with Gasteiger partial charge in [0.15, 0.2) is 5.82 Å². The van der Waals surface area contributed by atoms with Gasteiger partial charge in [0.25, 0.3) is 5.91 Å². The summed E-state index contributed by atoms with van der Waals surface area (Å²) < 4.78 is 1.86. The minimum absolute atomic E-state index is 0.0335. The van der Waals surface area contributed by atoms with Crippen LogP contribution in [-0.4, -0.2) is 42.1 Å². The third-order valence-electron chi connectivity index (χ3n) is 5.53. The molecule has 5 rings (SSSR count). The van der Waals surface area contributed by atoms with Crippen molar-refractivity contribution < 1.29 is 4.79 Å². The summed E-state index contributed by atoms with van der Waals surface area (Å²) in [7, 11) is 0. The van der Waals surface area contributed by atoms with Crippen molar-refractivity contribution in [3.8, 4) is 11.5 Å². The van der Waals surface area contributed by atoms with Gasteiger partial charge in [-0.3, -0.25) is 14.5 Å². The van der Waals surface area contributed by atoms with Crippen LogP contribution in [0, 0.1) is 0 Å². The molecule has 1 aromatic carbocycles. The lowest BCUT2D eigenvalue weighted by Gasteiger charge is -2.24. The van der Waals surface area contributed by atoms with Crippen LogP contribution in [0.15, 0.2) is 79.4 Å². The number of aromatic nitrogens is 5. The van der Waals surface area contributed by atoms with Crippen LogP contribution in [0.1, 0.15) is 40.5 Å². The predicted molar refractivity (Wildman–Crippen MR) is 116 cm³/mol. The SMILES string of the molecule is O=C(c1ccc(Cn2cccn2)cc1)N1CCC[C@@H]1c1ccnc(-c2ccccn2)n1. The molecule has 1 amide bonds. The van der Waals surface area contributed by atoms with Crippen LogP contribution in [-0.2, 0) is 6.54 Å². The Bertz CT molecular complexity index is 1160. The van der Waals surface area contributed by atoms with E-state index in [1.807, 2.05) is 70.4 Å². The third kappa shape index (κ3) is 4.07. The van der Waals surface area contributed by atoms with Crippen LogP contribution in [0.4, 0.5) is 0 Å². The van der Waals surface area contributed by atoms with Crippen LogP contribution in [0.25, 0.3) is 11.5 Å². The van der Waals surface area contributed by atoms with E-state index in [0.29, 0.717) is 17.9 Å². The topological polar surface area (TPSA) is 76.8 Å². The fourth-order valence-corrected chi connectivity index (χ4v) is 3.99. The molecular weight excluding hydrogens is 388 g/mol. The molecule has 0 unspecified atom stereocenters. The Morgan fingerprint density at radius 2 is 1.87 bits per heavy atom. The van der Waals surface area contributed by atoms with Crippen molar-refractivity contribution in [2.75, 3.05) is 6.54 Å². The Kier molecular flexibility index (Phi) is 5.22. The van der Waals surface area contributed by atoms with E-state index in [1.54, 1.807) is 18.6 Å². The molecule has 154 valence electrons. The van der Waals surface area contributed by atoms with E-state index in [0.717, 1.165) is 36.3 Å². The molecule has 1 aliphatic heterocycles. The summed E-state index contributed by atoms with van der Waals surface area (Å²) in [6.45, 7) is 1.41. The lowest BCUT2D eigenvalue weighted by atomic mass is 10.1. The van der Waals surface area contributed by atoms with E-state index >= 15 is 0 Å². The van der Waals surface area contributed by atoms with Crippen molar-refractivity contribution in [2.45, 2.75) is 25.4 Å². The molecule has 1 fully saturated rings. The Balaban J connectivity index is 1.35. The first-order valence-corrected chi connectivity index (χ1v) is 10.4. The number of amides is 1. The molecule has 0 spiro atoms. The van der Waals surface area contributed by atoms with Crippen LogP contribution >= 0.6 is 0 Å². The molecule has 0 N–H and O–H groups in total. The average molecular weight is 410 g/mol. The summed E-state index contributed by atoms with van der Waals surface area (Å²) >= 11 is 0. The lowest BCUT2D eigenvalue weighted by Crippen LogP contribution is -2.31. The number of hydrogen-bond acceptors (Lipinski definition) is 5. The number of hydrogen-bond donors (Lipinski definition) is 0. The summed E-state index contributed by atoms with van der Waals surface area (Å²) in [5, 5.41) is 4.23. The van der Waals surface area contributed by atoms with E-state index < -0.39 is 0 Å². The number of nitrogens with zero attached hydrogens (tertiary/aromatic N) is 6. The highest BCUT2D eigenvalue weighted by molar-refractivity contribution is 5.94. The minimum atomic E-state index is -0.0540. The zero-order chi connectivity index (χ0) is 21.0. The number of rotatable bonds is 5. The standard InChI is InChI=1S/C24H22N6O/c31-24(19-9-7-18(8-10-19)17-29-15-4-13-27-29)30-16-3-6-22(30)20-11-14-26-23(28-20)21-5-1-2-12-25-21/h1-2,4-5,7-15,22H,3,6,16-17H2/t22-/m1/s1. The number of pyridine rings is 1. The maximum atomic E-state index is 13.3. The Morgan fingerprint density at radius 1 is 0.968 bits per heavy atom. The largest absolute Gasteiger partial charge is 0.330 e. The van der Waals surface area contributed by atoms with E-state index in [9.17, 15) is 4.79 Å². The molecular formula is C24H22N6O. The zero-order valence-electron chi connectivity index (χ0n) is 17.0. The maximum absolute atomic E-state index is 13.3. The number of likely N-dealkylation sites (tertiary alicyclic amines) is 1. The molecule has 0 radical (unpaired) electrons. The molecule has 1 aliphatic rings. The molecule has 7 nitrogen and oxygen atoms in total. The molecule has 31 heavy (non-hydrogen) atoms. The fourth-order valence-electron chi connectivity index (χ4n) is 3.99. The minimum Gasteiger partial charge on any atom is -0.330 e. The van der Waals surface area contributed by atoms with Gasteiger partial charge in [-0.05, 0) is 54.8 Å². The van der Waals surface area contributed by atoms with Crippen molar-refractivity contribution in [1.82, 2.24) is 29.6 Å². The van der Waals surface area contributed by atoms with Crippen molar-refractivity contribution >= 4 is 5.91 Å². The van der Waals surface area contributed by atoms with Gasteiger partial charge in [-0.15, -0.1) is 0 Å². The molecule has 3 aromatic heterocycles. The van der Waals surface area contributed by atoms with Gasteiger partial charge in [0, 0.05) is 36.9 Å². The Labute approximate surface area is 180 Å². The van der Waals surface area contributed by atoms with Gasteiger partial charge in [-0.2, -0.15) is 5.10 Å². The molecule has 0 saturated carbocycles. The molecule has 1 atom stereocenters. The van der Waals surface area contributed by atoms with Gasteiger partial charge < -0.3 is 4.90 Å². The second-order valence-corrected chi connectivity index (χ2v) is 7.58. The summed E-state index contributed by atoms with van der Waals surface area (Å²) in [5.74, 6) is 0.617. The summed E-state index contributed by atoms with van der Waals surface area (Å²) in [5.41, 5.74) is 3.38. The van der Waals surface area contributed by atoms with Crippen molar-refractivity contribution in [1.29, 1.82) is 0 Å². The van der Waals surface area contributed by atoms with Crippen molar-refractivity contribution in [3.63, 3.8) is 0 Å². The molecule has 1 saturated heterocycles. The Morgan fingerprint density at radius 3 is 2.65 bits per heavy atom. The van der Waals surface area contributed by atoms with E-state index in [2.05, 4.69) is 15.1 Å². The molecule has 4 aromatic rings. The summed E-state index contributed by atoms with van der Waals surface area (Å²) in [4.78, 5) is 28.6. The quantitative estimate of drug-likeness (QED) is 0.501. The van der Waals surface area contributed by atoms with Gasteiger partial charge in [0.1, 0.15) is 5.69 Å². The normalized spacial score (nSPS) is 15.9. The van der Waals surface area contributed by atoms with Gasteiger partial charge >= 0.3 is 0 Å². The van der Waals surface area contributed by atoms with E-state index in [4.69, 9.17) is 4.98 Å². The molecule has 7 heteroatoms. The highest BCUT2D eigenvalue weighted by atomic mass is 16.2. The monoisotopic (exact) mass is 410 g/mol.